The van der Waals surface area contributed by atoms with Gasteiger partial charge in [-0.3, -0.25) is 0 Å². The fourth-order valence-corrected chi connectivity index (χ4v) is 2.56. The van der Waals surface area contributed by atoms with Gasteiger partial charge in [0.2, 0.25) is 0 Å². The Balaban J connectivity index is 2.30. The van der Waals surface area contributed by atoms with Crippen molar-refractivity contribution in [1.29, 1.82) is 0 Å². The molecule has 1 aliphatic rings. The third-order valence-electron chi connectivity index (χ3n) is 3.38. The summed E-state index contributed by atoms with van der Waals surface area (Å²) in [5.74, 6) is -0.0542. The van der Waals surface area contributed by atoms with Crippen molar-refractivity contribution in [3.8, 4) is 0 Å². The zero-order valence-corrected chi connectivity index (χ0v) is 10.3. The number of rotatable bonds is 4. The van der Waals surface area contributed by atoms with E-state index in [1.54, 1.807) is 12.1 Å². The predicted molar refractivity (Wildman–Crippen MR) is 69.5 cm³/mol. The molecule has 0 aliphatic carbocycles. The van der Waals surface area contributed by atoms with E-state index in [2.05, 4.69) is 9.88 Å². The quantitative estimate of drug-likeness (QED) is 0.649. The second-order valence-corrected chi connectivity index (χ2v) is 4.52. The van der Waals surface area contributed by atoms with Gasteiger partial charge in [-0.2, -0.15) is 0 Å². The Kier molecular flexibility index (Phi) is 4.09. The van der Waals surface area contributed by atoms with Crippen LogP contribution in [-0.4, -0.2) is 29.0 Å². The molecular weight excluding hydrogens is 232 g/mol. The lowest BCUT2D eigenvalue weighted by molar-refractivity contribution is -0.388. The van der Waals surface area contributed by atoms with Crippen LogP contribution in [0.15, 0.2) is 18.3 Å². The van der Waals surface area contributed by atoms with E-state index in [1.807, 2.05) is 0 Å². The van der Waals surface area contributed by atoms with Crippen molar-refractivity contribution >= 4 is 11.5 Å². The maximum Gasteiger partial charge on any atom is 0.387 e. The van der Waals surface area contributed by atoms with E-state index in [1.165, 1.54) is 6.20 Å². The van der Waals surface area contributed by atoms with Crippen LogP contribution in [0.4, 0.5) is 11.5 Å². The van der Waals surface area contributed by atoms with Gasteiger partial charge in [-0.15, -0.1) is 0 Å². The summed E-state index contributed by atoms with van der Waals surface area (Å²) in [5, 5.41) is 11.0. The van der Waals surface area contributed by atoms with Gasteiger partial charge in [0.05, 0.1) is 0 Å². The lowest BCUT2D eigenvalue weighted by Gasteiger charge is -2.36. The first-order valence-electron chi connectivity index (χ1n) is 6.30. The minimum absolute atomic E-state index is 0.0542. The molecule has 1 saturated heterocycles. The van der Waals surface area contributed by atoms with Crippen molar-refractivity contribution in [3.05, 3.63) is 28.4 Å². The normalized spacial score (nSPS) is 19.8. The number of hydrogen-bond donors (Lipinski definition) is 1. The molecule has 0 amide bonds. The molecule has 1 unspecified atom stereocenters. The Morgan fingerprint density at radius 2 is 2.39 bits per heavy atom. The van der Waals surface area contributed by atoms with Crippen LogP contribution in [0.2, 0.25) is 0 Å². The number of hydrogen-bond acceptors (Lipinski definition) is 5. The van der Waals surface area contributed by atoms with Crippen LogP contribution in [0.1, 0.15) is 25.7 Å². The minimum atomic E-state index is -0.413. The van der Waals surface area contributed by atoms with Gasteiger partial charge < -0.3 is 20.7 Å². The third kappa shape index (κ3) is 2.59. The molecule has 6 heteroatoms. The van der Waals surface area contributed by atoms with Crippen LogP contribution in [0, 0.1) is 10.1 Å². The average molecular weight is 250 g/mol. The molecule has 2 heterocycles. The van der Waals surface area contributed by atoms with Gasteiger partial charge in [-0.1, -0.05) is 0 Å². The minimum Gasteiger partial charge on any atom is -0.362 e. The number of nitro groups is 1. The highest BCUT2D eigenvalue weighted by molar-refractivity contribution is 5.59. The zero-order chi connectivity index (χ0) is 13.0. The first-order valence-corrected chi connectivity index (χ1v) is 6.30. The Bertz CT molecular complexity index is 422. The Morgan fingerprint density at radius 3 is 3.11 bits per heavy atom. The van der Waals surface area contributed by atoms with E-state index in [-0.39, 0.29) is 5.82 Å². The largest absolute Gasteiger partial charge is 0.387 e. The Hall–Kier alpha value is -1.69. The van der Waals surface area contributed by atoms with Gasteiger partial charge in [0.15, 0.2) is 0 Å². The van der Waals surface area contributed by atoms with Gasteiger partial charge in [0.25, 0.3) is 0 Å². The highest BCUT2D eigenvalue weighted by Crippen LogP contribution is 2.31. The first-order chi connectivity index (χ1) is 8.74. The summed E-state index contributed by atoms with van der Waals surface area (Å²) in [7, 11) is 0. The fraction of sp³-hybridized carbons (Fsp3) is 0.583. The van der Waals surface area contributed by atoms with Crippen molar-refractivity contribution in [2.45, 2.75) is 31.7 Å². The molecule has 0 spiro atoms. The van der Waals surface area contributed by atoms with Crippen LogP contribution >= 0.6 is 0 Å². The number of piperidine rings is 1. The molecule has 1 aromatic heterocycles. The highest BCUT2D eigenvalue weighted by Gasteiger charge is 2.27. The van der Waals surface area contributed by atoms with Crippen molar-refractivity contribution < 1.29 is 4.92 Å². The number of nitrogens with zero attached hydrogens (tertiary/aromatic N) is 3. The van der Waals surface area contributed by atoms with Crippen molar-refractivity contribution in [2.75, 3.05) is 18.0 Å². The average Bonchev–Trinajstić information content (AvgIpc) is 2.40. The number of nitrogens with two attached hydrogens (primary N) is 1. The molecule has 0 bridgehead atoms. The molecular formula is C12H18N4O2. The van der Waals surface area contributed by atoms with Crippen LogP contribution in [-0.2, 0) is 0 Å². The van der Waals surface area contributed by atoms with Crippen molar-refractivity contribution in [2.24, 2.45) is 5.73 Å². The lowest BCUT2D eigenvalue weighted by Crippen LogP contribution is -2.41. The summed E-state index contributed by atoms with van der Waals surface area (Å²) in [6.45, 7) is 1.45. The predicted octanol–water partition coefficient (Wildman–Crippen LogP) is 1.70. The molecule has 0 saturated carbocycles. The molecule has 0 radical (unpaired) electrons. The second kappa shape index (κ2) is 5.77. The van der Waals surface area contributed by atoms with Crippen LogP contribution < -0.4 is 10.6 Å². The van der Waals surface area contributed by atoms with Crippen molar-refractivity contribution in [1.82, 2.24) is 4.98 Å². The lowest BCUT2D eigenvalue weighted by atomic mass is 9.98. The van der Waals surface area contributed by atoms with Crippen LogP contribution in [0.25, 0.3) is 0 Å². The highest BCUT2D eigenvalue weighted by atomic mass is 16.6. The summed E-state index contributed by atoms with van der Waals surface area (Å²) in [6.07, 6.45) is 5.60. The molecule has 98 valence electrons. The molecule has 1 atom stereocenters. The molecule has 6 nitrogen and oxygen atoms in total. The zero-order valence-electron chi connectivity index (χ0n) is 10.3. The standard InChI is InChI=1S/C12H18N4O2/c13-7-6-10-4-1-2-9-15(10)11-5-3-8-14-12(11)16(17)18/h3,5,8,10H,1-2,4,6-7,9,13H2. The third-order valence-corrected chi connectivity index (χ3v) is 3.38. The smallest absolute Gasteiger partial charge is 0.362 e. The van der Waals surface area contributed by atoms with E-state index >= 15 is 0 Å². The van der Waals surface area contributed by atoms with E-state index < -0.39 is 4.92 Å². The number of anilines is 1. The van der Waals surface area contributed by atoms with Gasteiger partial charge in [0, 0.05) is 12.6 Å². The van der Waals surface area contributed by atoms with E-state index in [0.717, 1.165) is 32.2 Å². The summed E-state index contributed by atoms with van der Waals surface area (Å²) in [6, 6.07) is 3.82. The molecule has 1 fully saturated rings. The Labute approximate surface area is 106 Å². The van der Waals surface area contributed by atoms with Gasteiger partial charge in [-0.05, 0) is 54.3 Å². The number of pyridine rings is 1. The molecule has 1 aliphatic heterocycles. The first kappa shape index (κ1) is 12.8. The van der Waals surface area contributed by atoms with Crippen LogP contribution in [0.3, 0.4) is 0 Å². The topological polar surface area (TPSA) is 85.3 Å². The summed E-state index contributed by atoms with van der Waals surface area (Å²) in [5.41, 5.74) is 6.25. The summed E-state index contributed by atoms with van der Waals surface area (Å²) < 4.78 is 0. The fourth-order valence-electron chi connectivity index (χ4n) is 2.56. The van der Waals surface area contributed by atoms with Gasteiger partial charge in [0.1, 0.15) is 11.9 Å². The summed E-state index contributed by atoms with van der Waals surface area (Å²) >= 11 is 0. The molecule has 18 heavy (non-hydrogen) atoms. The van der Waals surface area contributed by atoms with E-state index in [9.17, 15) is 10.1 Å². The van der Waals surface area contributed by atoms with E-state index in [4.69, 9.17) is 5.73 Å². The van der Waals surface area contributed by atoms with E-state index in [0.29, 0.717) is 18.3 Å². The van der Waals surface area contributed by atoms with Crippen molar-refractivity contribution in [3.63, 3.8) is 0 Å². The molecule has 1 aromatic rings. The monoisotopic (exact) mass is 250 g/mol. The van der Waals surface area contributed by atoms with Crippen LogP contribution in [0.5, 0.6) is 0 Å². The van der Waals surface area contributed by atoms with Gasteiger partial charge >= 0.3 is 5.82 Å². The Morgan fingerprint density at radius 1 is 1.56 bits per heavy atom. The second-order valence-electron chi connectivity index (χ2n) is 4.52. The molecule has 2 rings (SSSR count). The molecule has 2 N–H and O–H groups in total. The SMILES string of the molecule is NCCC1CCCCN1c1cccnc1[N+](=O)[O-]. The maximum absolute atomic E-state index is 11.0. The summed E-state index contributed by atoms with van der Waals surface area (Å²) in [4.78, 5) is 16.6. The number of aromatic nitrogens is 1. The molecule has 0 aromatic carbocycles. The maximum atomic E-state index is 11.0. The van der Waals surface area contributed by atoms with Gasteiger partial charge in [-0.25, -0.2) is 0 Å².